The molecule has 2 aliphatic rings. The zero-order valence-corrected chi connectivity index (χ0v) is 26.2. The van der Waals surface area contributed by atoms with Crippen molar-refractivity contribution in [3.63, 3.8) is 0 Å². The molecule has 0 unspecified atom stereocenters. The molecule has 2 saturated carbocycles. The molecule has 2 fully saturated rings. The largest absolute Gasteiger partial charge is 1.00 e. The Labute approximate surface area is 248 Å². The Kier molecular flexibility index (Phi) is 10.3. The quantitative estimate of drug-likeness (QED) is 0.140. The van der Waals surface area contributed by atoms with Crippen LogP contribution in [0.5, 0.6) is 0 Å². The van der Waals surface area contributed by atoms with Crippen LogP contribution in [0.15, 0.2) is 104 Å². The Morgan fingerprint density at radius 3 is 1.92 bits per heavy atom. The number of hydrogen-bond donors (Lipinski definition) is 0. The average Bonchev–Trinajstić information content (AvgIpc) is 3.86. The van der Waals surface area contributed by atoms with E-state index in [9.17, 15) is 0 Å². The molecule has 3 aromatic carbocycles. The third kappa shape index (κ3) is 6.45. The highest BCUT2D eigenvalue weighted by Crippen LogP contribution is 2.68. The molecule has 202 valence electrons. The molecule has 0 heterocycles. The summed E-state index contributed by atoms with van der Waals surface area (Å²) in [7, 11) is 0.159. The van der Waals surface area contributed by atoms with Gasteiger partial charge in [0.25, 0.3) is 0 Å². The van der Waals surface area contributed by atoms with E-state index < -0.39 is 7.26 Å². The summed E-state index contributed by atoms with van der Waals surface area (Å²) in [6.07, 6.45) is 12.6. The molecule has 0 N–H and O–H groups in total. The van der Waals surface area contributed by atoms with Crippen LogP contribution in [0.25, 0.3) is 0 Å². The molecule has 5 rings (SSSR count). The predicted octanol–water partition coefficient (Wildman–Crippen LogP) is 4.80. The Balaban J connectivity index is 0.00000336. The summed E-state index contributed by atoms with van der Waals surface area (Å²) in [5.74, 6) is 2.83. The molecule has 0 bridgehead atoms. The molecule has 38 heavy (non-hydrogen) atoms. The first-order valence-electron chi connectivity index (χ1n) is 14.3. The van der Waals surface area contributed by atoms with Gasteiger partial charge in [-0.3, -0.25) is 0 Å². The minimum absolute atomic E-state index is 0. The first-order valence-corrected chi connectivity index (χ1v) is 16.3. The van der Waals surface area contributed by atoms with Crippen molar-refractivity contribution in [1.29, 1.82) is 0 Å². The van der Waals surface area contributed by atoms with E-state index in [1.54, 1.807) is 0 Å². The van der Waals surface area contributed by atoms with Gasteiger partial charge in [-0.1, -0.05) is 67.6 Å². The molecular formula is C35H44IOP. The van der Waals surface area contributed by atoms with Gasteiger partial charge < -0.3 is 28.7 Å². The van der Waals surface area contributed by atoms with Crippen molar-refractivity contribution < 1.29 is 28.7 Å². The van der Waals surface area contributed by atoms with Crippen LogP contribution in [0.4, 0.5) is 0 Å². The number of rotatable bonds is 14. The lowest BCUT2D eigenvalue weighted by Crippen LogP contribution is -3.00. The van der Waals surface area contributed by atoms with Crippen molar-refractivity contribution in [2.75, 3.05) is 13.3 Å². The minimum atomic E-state index is -1.69. The monoisotopic (exact) mass is 638 g/mol. The van der Waals surface area contributed by atoms with Crippen LogP contribution in [-0.4, -0.2) is 19.4 Å². The molecule has 1 nitrogen and oxygen atoms in total. The zero-order valence-electron chi connectivity index (χ0n) is 23.1. The lowest BCUT2D eigenvalue weighted by Gasteiger charge is -2.27. The Hall–Kier alpha value is -1.48. The smallest absolute Gasteiger partial charge is 0.112 e. The molecule has 0 spiro atoms. The maximum Gasteiger partial charge on any atom is 0.112 e. The van der Waals surface area contributed by atoms with Gasteiger partial charge in [0.05, 0.1) is 12.3 Å². The summed E-state index contributed by atoms with van der Waals surface area (Å²) >= 11 is 0. The lowest BCUT2D eigenvalue weighted by molar-refractivity contribution is -0.00000859. The van der Waals surface area contributed by atoms with E-state index in [0.29, 0.717) is 11.5 Å². The maximum absolute atomic E-state index is 5.67. The van der Waals surface area contributed by atoms with E-state index in [4.69, 9.17) is 4.74 Å². The fraction of sp³-hybridized carbons (Fsp3) is 0.429. The summed E-state index contributed by atoms with van der Waals surface area (Å²) in [5, 5.41) is 4.55. The highest BCUT2D eigenvalue weighted by molar-refractivity contribution is 7.95. The fourth-order valence-electron chi connectivity index (χ4n) is 6.98. The predicted molar refractivity (Wildman–Crippen MR) is 162 cm³/mol. The number of hydrogen-bond acceptors (Lipinski definition) is 1. The normalized spacial score (nSPS) is 24.7. The highest BCUT2D eigenvalue weighted by atomic mass is 127. The summed E-state index contributed by atoms with van der Waals surface area (Å²) in [6, 6.07) is 34.1. The van der Waals surface area contributed by atoms with Gasteiger partial charge in [0.15, 0.2) is 0 Å². The van der Waals surface area contributed by atoms with Gasteiger partial charge in [0, 0.05) is 7.11 Å². The van der Waals surface area contributed by atoms with Gasteiger partial charge in [-0.15, -0.1) is 6.58 Å². The molecule has 3 aromatic rings. The second-order valence-electron chi connectivity index (χ2n) is 11.7. The SMILES string of the molecule is C=CC[C@@H](CC[C@@]1(C)C[C@@H]1[C@H]1C[C@@H]1CCC[P+](c1ccccc1)(c1ccccc1)c1ccccc1)OC.[I-]. The van der Waals surface area contributed by atoms with E-state index in [0.717, 1.165) is 24.2 Å². The van der Waals surface area contributed by atoms with Crippen molar-refractivity contribution in [2.24, 2.45) is 23.2 Å². The van der Waals surface area contributed by atoms with Crippen molar-refractivity contribution in [3.05, 3.63) is 104 Å². The van der Waals surface area contributed by atoms with Gasteiger partial charge in [0.1, 0.15) is 23.2 Å². The summed E-state index contributed by atoms with van der Waals surface area (Å²) < 4.78 is 5.67. The van der Waals surface area contributed by atoms with Crippen molar-refractivity contribution in [3.8, 4) is 0 Å². The zero-order chi connectivity index (χ0) is 25.7. The first-order chi connectivity index (χ1) is 18.1. The number of halogens is 1. The standard InChI is InChI=1S/C35H44OP.HI/c1-4-15-29(36-3)23-24-35(2)27-34(35)33-26-28(33)16-14-25-37(30-17-8-5-9-18-30,31-19-10-6-11-20-31)32-21-12-7-13-22-32;/h4-13,17-22,28-29,33-34H,1,14-16,23-27H2,2-3H3;1H/q+1;/p-1/t28-,29-,33-,34+,35-;/m0./s1. The van der Waals surface area contributed by atoms with Crippen LogP contribution >= 0.6 is 7.26 Å². The first kappa shape index (κ1) is 29.5. The van der Waals surface area contributed by atoms with E-state index in [-0.39, 0.29) is 24.0 Å². The number of methoxy groups -OCH3 is 1. The summed E-state index contributed by atoms with van der Waals surface area (Å²) in [4.78, 5) is 0. The number of ether oxygens (including phenoxy) is 1. The van der Waals surface area contributed by atoms with Crippen LogP contribution in [0, 0.1) is 23.2 Å². The molecule has 0 aliphatic heterocycles. The van der Waals surface area contributed by atoms with Gasteiger partial charge in [-0.2, -0.15) is 0 Å². The van der Waals surface area contributed by atoms with Crippen molar-refractivity contribution in [1.82, 2.24) is 0 Å². The van der Waals surface area contributed by atoms with Crippen molar-refractivity contribution >= 4 is 23.2 Å². The molecule has 0 radical (unpaired) electrons. The van der Waals surface area contributed by atoms with Gasteiger partial charge >= 0.3 is 0 Å². The second kappa shape index (κ2) is 13.2. The topological polar surface area (TPSA) is 9.23 Å². The molecule has 0 amide bonds. The van der Waals surface area contributed by atoms with Crippen LogP contribution in [0.2, 0.25) is 0 Å². The van der Waals surface area contributed by atoms with E-state index in [2.05, 4.69) is 104 Å². The molecular weight excluding hydrogens is 594 g/mol. The maximum atomic E-state index is 5.67. The molecule has 0 saturated heterocycles. The van der Waals surface area contributed by atoms with Crippen LogP contribution in [0.3, 0.4) is 0 Å². The van der Waals surface area contributed by atoms with E-state index >= 15 is 0 Å². The Morgan fingerprint density at radius 2 is 1.45 bits per heavy atom. The average molecular weight is 639 g/mol. The Bertz CT molecular complexity index is 1040. The summed E-state index contributed by atoms with van der Waals surface area (Å²) in [6.45, 7) is 6.43. The fourth-order valence-corrected chi connectivity index (χ4v) is 11.3. The van der Waals surface area contributed by atoms with Gasteiger partial charge in [-0.25, -0.2) is 0 Å². The summed E-state index contributed by atoms with van der Waals surface area (Å²) in [5.41, 5.74) is 0.548. The molecule has 5 atom stereocenters. The van der Waals surface area contributed by atoms with Gasteiger partial charge in [0.2, 0.25) is 0 Å². The Morgan fingerprint density at radius 1 is 0.921 bits per heavy atom. The second-order valence-corrected chi connectivity index (χ2v) is 15.3. The molecule has 0 aromatic heterocycles. The van der Waals surface area contributed by atoms with Crippen LogP contribution in [-0.2, 0) is 4.74 Å². The van der Waals surface area contributed by atoms with E-state index in [1.807, 2.05) is 13.2 Å². The van der Waals surface area contributed by atoms with Crippen LogP contribution in [0.1, 0.15) is 51.9 Å². The van der Waals surface area contributed by atoms with E-state index in [1.165, 1.54) is 60.6 Å². The third-order valence-electron chi connectivity index (χ3n) is 9.38. The van der Waals surface area contributed by atoms with Crippen LogP contribution < -0.4 is 39.9 Å². The molecule has 2 aliphatic carbocycles. The number of benzene rings is 3. The highest BCUT2D eigenvalue weighted by Gasteiger charge is 2.59. The minimum Gasteiger partial charge on any atom is -1.00 e. The molecule has 3 heteroatoms. The van der Waals surface area contributed by atoms with Gasteiger partial charge in [-0.05, 0) is 105 Å². The third-order valence-corrected chi connectivity index (χ3v) is 13.9. The lowest BCUT2D eigenvalue weighted by atomic mass is 9.94. The van der Waals surface area contributed by atoms with Crippen molar-refractivity contribution in [2.45, 2.75) is 58.0 Å².